The van der Waals surface area contributed by atoms with Crippen LogP contribution in [0.3, 0.4) is 0 Å². The number of benzene rings is 1. The van der Waals surface area contributed by atoms with Gasteiger partial charge in [0, 0.05) is 31.3 Å². The van der Waals surface area contributed by atoms with Crippen LogP contribution < -0.4 is 15.4 Å². The molecule has 1 unspecified atom stereocenters. The van der Waals surface area contributed by atoms with Gasteiger partial charge in [0.15, 0.2) is 0 Å². The fourth-order valence-electron chi connectivity index (χ4n) is 2.50. The third-order valence-corrected chi connectivity index (χ3v) is 3.48. The second kappa shape index (κ2) is 3.67. The zero-order valence-electron chi connectivity index (χ0n) is 9.68. The van der Waals surface area contributed by atoms with E-state index in [1.165, 1.54) is 11.3 Å². The first-order valence-electron chi connectivity index (χ1n) is 6.02. The van der Waals surface area contributed by atoms with Gasteiger partial charge in [-0.15, -0.1) is 0 Å². The van der Waals surface area contributed by atoms with Gasteiger partial charge >= 0.3 is 0 Å². The molecule has 1 saturated heterocycles. The van der Waals surface area contributed by atoms with E-state index in [9.17, 15) is 0 Å². The summed E-state index contributed by atoms with van der Waals surface area (Å²) in [6, 6.07) is 6.40. The number of ether oxygens (including phenoxy) is 1. The van der Waals surface area contributed by atoms with Crippen LogP contribution in [0.4, 0.5) is 5.69 Å². The fraction of sp³-hybridized carbons (Fsp3) is 0.538. The Morgan fingerprint density at radius 3 is 3.06 bits per heavy atom. The molecule has 16 heavy (non-hydrogen) atoms. The number of hydrogen-bond donors (Lipinski definition) is 2. The van der Waals surface area contributed by atoms with Crippen molar-refractivity contribution in [3.8, 4) is 5.75 Å². The molecule has 0 radical (unpaired) electrons. The smallest absolute Gasteiger partial charge is 0.122 e. The van der Waals surface area contributed by atoms with Crippen molar-refractivity contribution in [2.45, 2.75) is 25.4 Å². The molecular weight excluding hydrogens is 200 g/mol. The number of nitrogens with one attached hydrogen (secondary N) is 2. The van der Waals surface area contributed by atoms with Crippen molar-refractivity contribution < 1.29 is 4.74 Å². The highest BCUT2D eigenvalue weighted by Gasteiger charge is 2.30. The van der Waals surface area contributed by atoms with Crippen molar-refractivity contribution in [2.24, 2.45) is 0 Å². The molecule has 1 aromatic rings. The van der Waals surface area contributed by atoms with Crippen molar-refractivity contribution in [3.05, 3.63) is 23.8 Å². The third-order valence-electron chi connectivity index (χ3n) is 3.48. The second-order valence-electron chi connectivity index (χ2n) is 4.97. The molecule has 2 aliphatic rings. The second-order valence-corrected chi connectivity index (χ2v) is 4.97. The standard InChI is InChI=1S/C13H18N2O/c1-13(5-7-14-9-13)16-11-3-2-10-4-6-15-12(10)8-11/h2-3,8,14-15H,4-7,9H2,1H3. The van der Waals surface area contributed by atoms with Crippen LogP contribution in [-0.2, 0) is 6.42 Å². The highest BCUT2D eigenvalue weighted by Crippen LogP contribution is 2.30. The van der Waals surface area contributed by atoms with E-state index in [0.717, 1.165) is 38.2 Å². The van der Waals surface area contributed by atoms with E-state index in [4.69, 9.17) is 4.74 Å². The zero-order valence-corrected chi connectivity index (χ0v) is 9.68. The molecule has 2 N–H and O–H groups in total. The Morgan fingerprint density at radius 1 is 1.31 bits per heavy atom. The Morgan fingerprint density at radius 2 is 2.25 bits per heavy atom. The summed E-state index contributed by atoms with van der Waals surface area (Å²) in [6.07, 6.45) is 2.21. The molecule has 0 aromatic heterocycles. The molecular formula is C13H18N2O. The molecule has 0 aliphatic carbocycles. The summed E-state index contributed by atoms with van der Waals surface area (Å²) >= 11 is 0. The van der Waals surface area contributed by atoms with Crippen molar-refractivity contribution in [1.29, 1.82) is 0 Å². The van der Waals surface area contributed by atoms with Crippen LogP contribution >= 0.6 is 0 Å². The van der Waals surface area contributed by atoms with Crippen LogP contribution in [0, 0.1) is 0 Å². The summed E-state index contributed by atoms with van der Waals surface area (Å²) in [4.78, 5) is 0. The molecule has 86 valence electrons. The Labute approximate surface area is 96.2 Å². The van der Waals surface area contributed by atoms with Gasteiger partial charge in [-0.2, -0.15) is 0 Å². The molecule has 0 amide bonds. The number of fused-ring (bicyclic) bond motifs is 1. The van der Waals surface area contributed by atoms with Gasteiger partial charge in [-0.25, -0.2) is 0 Å². The van der Waals surface area contributed by atoms with Crippen molar-refractivity contribution >= 4 is 5.69 Å². The molecule has 3 heteroatoms. The normalized spacial score (nSPS) is 27.6. The van der Waals surface area contributed by atoms with Gasteiger partial charge in [-0.3, -0.25) is 0 Å². The molecule has 1 atom stereocenters. The molecule has 1 aromatic carbocycles. The van der Waals surface area contributed by atoms with Gasteiger partial charge in [0.05, 0.1) is 0 Å². The maximum Gasteiger partial charge on any atom is 0.122 e. The van der Waals surface area contributed by atoms with E-state index >= 15 is 0 Å². The molecule has 2 heterocycles. The average Bonchev–Trinajstić information content (AvgIpc) is 2.86. The summed E-state index contributed by atoms with van der Waals surface area (Å²) in [5.41, 5.74) is 2.61. The first-order valence-corrected chi connectivity index (χ1v) is 6.02. The number of hydrogen-bond acceptors (Lipinski definition) is 3. The monoisotopic (exact) mass is 218 g/mol. The number of rotatable bonds is 2. The first-order chi connectivity index (χ1) is 7.75. The number of anilines is 1. The van der Waals surface area contributed by atoms with E-state index in [-0.39, 0.29) is 5.60 Å². The van der Waals surface area contributed by atoms with Gasteiger partial charge < -0.3 is 15.4 Å². The minimum atomic E-state index is -0.0349. The minimum Gasteiger partial charge on any atom is -0.486 e. The summed E-state index contributed by atoms with van der Waals surface area (Å²) in [6.45, 7) is 5.22. The van der Waals surface area contributed by atoms with E-state index in [1.807, 2.05) is 0 Å². The summed E-state index contributed by atoms with van der Waals surface area (Å²) < 4.78 is 6.09. The molecule has 3 rings (SSSR count). The third kappa shape index (κ3) is 1.76. The zero-order chi connectivity index (χ0) is 11.0. The van der Waals surface area contributed by atoms with Gasteiger partial charge in [0.1, 0.15) is 11.4 Å². The summed E-state index contributed by atoms with van der Waals surface area (Å²) in [5.74, 6) is 0.986. The lowest BCUT2D eigenvalue weighted by atomic mass is 10.1. The van der Waals surface area contributed by atoms with E-state index < -0.39 is 0 Å². The molecule has 3 nitrogen and oxygen atoms in total. The fourth-order valence-corrected chi connectivity index (χ4v) is 2.50. The van der Waals surface area contributed by atoms with Crippen LogP contribution in [0.5, 0.6) is 5.75 Å². The maximum absolute atomic E-state index is 6.09. The van der Waals surface area contributed by atoms with Crippen molar-refractivity contribution in [1.82, 2.24) is 5.32 Å². The van der Waals surface area contributed by atoms with Crippen LogP contribution in [0.25, 0.3) is 0 Å². The highest BCUT2D eigenvalue weighted by atomic mass is 16.5. The van der Waals surface area contributed by atoms with Gasteiger partial charge in [0.25, 0.3) is 0 Å². The van der Waals surface area contributed by atoms with E-state index in [0.29, 0.717) is 0 Å². The molecule has 2 aliphatic heterocycles. The van der Waals surface area contributed by atoms with Crippen LogP contribution in [0.2, 0.25) is 0 Å². The predicted molar refractivity (Wildman–Crippen MR) is 65.2 cm³/mol. The van der Waals surface area contributed by atoms with Crippen molar-refractivity contribution in [2.75, 3.05) is 25.0 Å². The largest absolute Gasteiger partial charge is 0.486 e. The summed E-state index contributed by atoms with van der Waals surface area (Å²) in [5, 5.41) is 6.73. The van der Waals surface area contributed by atoms with Crippen LogP contribution in [0.15, 0.2) is 18.2 Å². The van der Waals surface area contributed by atoms with E-state index in [1.54, 1.807) is 0 Å². The van der Waals surface area contributed by atoms with Crippen molar-refractivity contribution in [3.63, 3.8) is 0 Å². The van der Waals surface area contributed by atoms with Crippen LogP contribution in [0.1, 0.15) is 18.9 Å². The minimum absolute atomic E-state index is 0.0349. The quantitative estimate of drug-likeness (QED) is 0.794. The molecule has 0 bridgehead atoms. The average molecular weight is 218 g/mol. The Balaban J connectivity index is 1.80. The van der Waals surface area contributed by atoms with Gasteiger partial charge in [0.2, 0.25) is 0 Å². The Kier molecular flexibility index (Phi) is 2.28. The molecule has 1 fully saturated rings. The predicted octanol–water partition coefficient (Wildman–Crippen LogP) is 1.79. The summed E-state index contributed by atoms with van der Waals surface area (Å²) in [7, 11) is 0. The topological polar surface area (TPSA) is 33.3 Å². The van der Waals surface area contributed by atoms with Crippen LogP contribution in [-0.4, -0.2) is 25.2 Å². The lowest BCUT2D eigenvalue weighted by Gasteiger charge is -2.25. The van der Waals surface area contributed by atoms with E-state index in [2.05, 4.69) is 35.8 Å². The Bertz CT molecular complexity index is 397. The lowest BCUT2D eigenvalue weighted by Crippen LogP contribution is -2.34. The highest BCUT2D eigenvalue weighted by molar-refractivity contribution is 5.58. The molecule has 0 saturated carbocycles. The lowest BCUT2D eigenvalue weighted by molar-refractivity contribution is 0.111. The maximum atomic E-state index is 6.09. The van der Waals surface area contributed by atoms with Gasteiger partial charge in [-0.1, -0.05) is 6.07 Å². The SMILES string of the molecule is CC1(Oc2ccc3c(c2)NCC3)CCNC1. The first kappa shape index (κ1) is 9.97. The molecule has 0 spiro atoms. The van der Waals surface area contributed by atoms with Gasteiger partial charge in [-0.05, 0) is 31.5 Å². The Hall–Kier alpha value is -1.22.